The van der Waals surface area contributed by atoms with Crippen molar-refractivity contribution in [2.45, 2.75) is 6.04 Å². The summed E-state index contributed by atoms with van der Waals surface area (Å²) in [7, 11) is 0. The van der Waals surface area contributed by atoms with E-state index < -0.39 is 0 Å². The lowest BCUT2D eigenvalue weighted by atomic mass is 10.1. The van der Waals surface area contributed by atoms with Gasteiger partial charge in [-0.3, -0.25) is 9.69 Å². The molecule has 152 valence electrons. The summed E-state index contributed by atoms with van der Waals surface area (Å²) < 4.78 is 16.1. The van der Waals surface area contributed by atoms with Crippen LogP contribution in [-0.4, -0.2) is 50.4 Å². The van der Waals surface area contributed by atoms with Crippen molar-refractivity contribution in [1.82, 2.24) is 10.2 Å². The average molecular weight is 415 g/mol. The summed E-state index contributed by atoms with van der Waals surface area (Å²) in [6.45, 7) is 4.07. The van der Waals surface area contributed by atoms with E-state index >= 15 is 0 Å². The van der Waals surface area contributed by atoms with Crippen LogP contribution in [0.5, 0.6) is 11.5 Å². The maximum absolute atomic E-state index is 12.6. The molecule has 6 nitrogen and oxygen atoms in total. The second-order valence-corrected chi connectivity index (χ2v) is 7.36. The number of morpholine rings is 1. The zero-order valence-electron chi connectivity index (χ0n) is 16.0. The van der Waals surface area contributed by atoms with Gasteiger partial charge in [0.05, 0.1) is 24.3 Å². The summed E-state index contributed by atoms with van der Waals surface area (Å²) in [5.74, 6) is 0.968. The van der Waals surface area contributed by atoms with Crippen molar-refractivity contribution in [2.75, 3.05) is 39.6 Å². The SMILES string of the molecule is O=C(/C=C/c1cc(Cl)c2c(c1)OCO2)N[C@H](CN1CCOCC1)c1ccccc1. The van der Waals surface area contributed by atoms with E-state index in [1.165, 1.54) is 6.08 Å². The molecule has 0 aliphatic carbocycles. The van der Waals surface area contributed by atoms with E-state index in [2.05, 4.69) is 10.2 Å². The third kappa shape index (κ3) is 5.09. The molecule has 29 heavy (non-hydrogen) atoms. The first-order valence-corrected chi connectivity index (χ1v) is 9.99. The highest BCUT2D eigenvalue weighted by Crippen LogP contribution is 2.40. The highest BCUT2D eigenvalue weighted by molar-refractivity contribution is 6.32. The van der Waals surface area contributed by atoms with E-state index in [1.54, 1.807) is 18.2 Å². The molecule has 0 unspecified atom stereocenters. The Labute approximate surface area is 175 Å². The zero-order valence-corrected chi connectivity index (χ0v) is 16.7. The second-order valence-electron chi connectivity index (χ2n) is 6.95. The smallest absolute Gasteiger partial charge is 0.244 e. The van der Waals surface area contributed by atoms with Crippen LogP contribution in [0.15, 0.2) is 48.5 Å². The Morgan fingerprint density at radius 3 is 2.76 bits per heavy atom. The van der Waals surface area contributed by atoms with Crippen LogP contribution in [-0.2, 0) is 9.53 Å². The number of benzene rings is 2. The van der Waals surface area contributed by atoms with E-state index in [4.69, 9.17) is 25.8 Å². The van der Waals surface area contributed by atoms with Crippen molar-refractivity contribution >= 4 is 23.6 Å². The molecule has 2 aromatic rings. The number of nitrogens with one attached hydrogen (secondary N) is 1. The molecule has 0 radical (unpaired) electrons. The van der Waals surface area contributed by atoms with Gasteiger partial charge < -0.3 is 19.5 Å². The summed E-state index contributed by atoms with van der Waals surface area (Å²) in [5.41, 5.74) is 1.85. The van der Waals surface area contributed by atoms with Crippen LogP contribution in [0, 0.1) is 0 Å². The minimum Gasteiger partial charge on any atom is -0.454 e. The molecule has 2 heterocycles. The quantitative estimate of drug-likeness (QED) is 0.735. The molecule has 4 rings (SSSR count). The Morgan fingerprint density at radius 2 is 1.97 bits per heavy atom. The van der Waals surface area contributed by atoms with Gasteiger partial charge in [0.25, 0.3) is 0 Å². The van der Waals surface area contributed by atoms with Crippen molar-refractivity contribution in [1.29, 1.82) is 0 Å². The van der Waals surface area contributed by atoms with E-state index in [-0.39, 0.29) is 18.7 Å². The number of hydrogen-bond donors (Lipinski definition) is 1. The Morgan fingerprint density at radius 1 is 1.17 bits per heavy atom. The van der Waals surface area contributed by atoms with Crippen molar-refractivity contribution in [2.24, 2.45) is 0 Å². The lowest BCUT2D eigenvalue weighted by Gasteiger charge is -2.31. The number of amides is 1. The predicted octanol–water partition coefficient (Wildman–Crippen LogP) is 3.27. The summed E-state index contributed by atoms with van der Waals surface area (Å²) >= 11 is 6.21. The molecule has 0 saturated carbocycles. The van der Waals surface area contributed by atoms with Crippen molar-refractivity contribution < 1.29 is 19.0 Å². The summed E-state index contributed by atoms with van der Waals surface area (Å²) in [6, 6.07) is 13.5. The molecule has 0 aromatic heterocycles. The zero-order chi connectivity index (χ0) is 20.1. The summed E-state index contributed by atoms with van der Waals surface area (Å²) in [5, 5.41) is 3.59. The fourth-order valence-corrected chi connectivity index (χ4v) is 3.71. The maximum Gasteiger partial charge on any atom is 0.244 e. The third-order valence-electron chi connectivity index (χ3n) is 4.94. The van der Waals surface area contributed by atoms with E-state index in [0.29, 0.717) is 16.5 Å². The van der Waals surface area contributed by atoms with E-state index in [9.17, 15) is 4.79 Å². The third-order valence-corrected chi connectivity index (χ3v) is 5.22. The van der Waals surface area contributed by atoms with Crippen LogP contribution < -0.4 is 14.8 Å². The fraction of sp³-hybridized carbons (Fsp3) is 0.318. The van der Waals surface area contributed by atoms with Crippen molar-refractivity contribution in [3.05, 3.63) is 64.7 Å². The fourth-order valence-electron chi connectivity index (χ4n) is 3.44. The first-order valence-electron chi connectivity index (χ1n) is 9.62. The van der Waals surface area contributed by atoms with Gasteiger partial charge >= 0.3 is 0 Å². The second kappa shape index (κ2) is 9.31. The van der Waals surface area contributed by atoms with E-state index in [1.807, 2.05) is 30.3 Å². The number of carbonyl (C=O) groups excluding carboxylic acids is 1. The molecule has 2 aromatic carbocycles. The number of fused-ring (bicyclic) bond motifs is 1. The minimum atomic E-state index is -0.166. The number of nitrogens with zero attached hydrogens (tertiary/aromatic N) is 1. The molecule has 2 aliphatic heterocycles. The van der Waals surface area contributed by atoms with Gasteiger partial charge in [-0.25, -0.2) is 0 Å². The lowest BCUT2D eigenvalue weighted by molar-refractivity contribution is -0.117. The highest BCUT2D eigenvalue weighted by atomic mass is 35.5. The number of hydrogen-bond acceptors (Lipinski definition) is 5. The Hall–Kier alpha value is -2.54. The van der Waals surface area contributed by atoms with Gasteiger partial charge in [0.2, 0.25) is 12.7 Å². The monoisotopic (exact) mass is 414 g/mol. The van der Waals surface area contributed by atoms with Crippen molar-refractivity contribution in [3.8, 4) is 11.5 Å². The lowest BCUT2D eigenvalue weighted by Crippen LogP contribution is -2.42. The number of halogens is 1. The topological polar surface area (TPSA) is 60.0 Å². The van der Waals surface area contributed by atoms with E-state index in [0.717, 1.165) is 44.0 Å². The molecular formula is C22H23ClN2O4. The van der Waals surface area contributed by atoms with Gasteiger partial charge in [0.15, 0.2) is 11.5 Å². The molecule has 1 saturated heterocycles. The number of rotatable bonds is 6. The molecule has 1 fully saturated rings. The molecule has 7 heteroatoms. The number of carbonyl (C=O) groups is 1. The summed E-state index contributed by atoms with van der Waals surface area (Å²) in [6.07, 6.45) is 3.24. The molecule has 1 amide bonds. The number of ether oxygens (including phenoxy) is 3. The average Bonchev–Trinajstić information content (AvgIpc) is 3.23. The van der Waals surface area contributed by atoms with Gasteiger partial charge in [-0.2, -0.15) is 0 Å². The van der Waals surface area contributed by atoms with Crippen molar-refractivity contribution in [3.63, 3.8) is 0 Å². The standard InChI is InChI=1S/C22H23ClN2O4/c23-18-12-16(13-20-22(18)29-15-28-20)6-7-21(26)24-19(17-4-2-1-3-5-17)14-25-8-10-27-11-9-25/h1-7,12-13,19H,8-11,14-15H2,(H,24,26)/b7-6+/t19-/m1/s1. The minimum absolute atomic E-state index is 0.105. The van der Waals surface area contributed by atoms with Gasteiger partial charge in [0.1, 0.15) is 0 Å². The van der Waals surface area contributed by atoms with Crippen LogP contribution in [0.2, 0.25) is 5.02 Å². The molecule has 0 spiro atoms. The predicted molar refractivity (Wildman–Crippen MR) is 111 cm³/mol. The molecule has 1 atom stereocenters. The maximum atomic E-state index is 12.6. The van der Waals surface area contributed by atoms with Crippen LogP contribution in [0.4, 0.5) is 0 Å². The molecular weight excluding hydrogens is 392 g/mol. The molecule has 2 aliphatic rings. The Balaban J connectivity index is 1.44. The Bertz CT molecular complexity index is 882. The van der Waals surface area contributed by atoms with Gasteiger partial charge in [0, 0.05) is 25.7 Å². The van der Waals surface area contributed by atoms with Gasteiger partial charge in [-0.1, -0.05) is 41.9 Å². The largest absolute Gasteiger partial charge is 0.454 e. The van der Waals surface area contributed by atoms with Gasteiger partial charge in [-0.05, 0) is 29.3 Å². The molecule has 1 N–H and O–H groups in total. The first kappa shape index (κ1) is 19.8. The van der Waals surface area contributed by atoms with Crippen LogP contribution in [0.3, 0.4) is 0 Å². The normalized spacial score (nSPS) is 17.4. The van der Waals surface area contributed by atoms with Crippen LogP contribution in [0.1, 0.15) is 17.2 Å². The van der Waals surface area contributed by atoms with Crippen LogP contribution in [0.25, 0.3) is 6.08 Å². The molecule has 0 bridgehead atoms. The summed E-state index contributed by atoms with van der Waals surface area (Å²) in [4.78, 5) is 14.9. The first-order chi connectivity index (χ1) is 14.2. The van der Waals surface area contributed by atoms with Crippen LogP contribution >= 0.6 is 11.6 Å². The Kier molecular flexibility index (Phi) is 6.34. The highest BCUT2D eigenvalue weighted by Gasteiger charge is 2.20. The van der Waals surface area contributed by atoms with Gasteiger partial charge in [-0.15, -0.1) is 0 Å².